The molecule has 4 aromatic rings. The topological polar surface area (TPSA) is 71.6 Å². The van der Waals surface area contributed by atoms with Gasteiger partial charge in [0, 0.05) is 36.0 Å². The van der Waals surface area contributed by atoms with Crippen LogP contribution in [0.5, 0.6) is 0 Å². The van der Waals surface area contributed by atoms with Crippen LogP contribution in [0.25, 0.3) is 15.9 Å². The number of thiophene rings is 1. The molecule has 4 heterocycles. The molecular weight excluding hydrogens is 480 g/mol. The number of halogens is 1. The Balaban J connectivity index is 1.34. The van der Waals surface area contributed by atoms with Gasteiger partial charge in [-0.1, -0.05) is 15.9 Å². The fraction of sp³-hybridized carbons (Fsp3) is 0.227. The standard InChI is InChI=1S/C22H19BrN4O3S/c1-14-17-13-19(31-22(17)27(24-14)16-6-4-15(23)5-7-16)21(29)26-10-8-25(9-11-26)20(28)18-3-2-12-30-18/h2-7,12-13H,8-11H2,1H3. The van der Waals surface area contributed by atoms with Crippen molar-refractivity contribution < 1.29 is 14.0 Å². The first-order valence-electron chi connectivity index (χ1n) is 9.88. The van der Waals surface area contributed by atoms with Gasteiger partial charge < -0.3 is 14.2 Å². The SMILES string of the molecule is Cc1nn(-c2ccc(Br)cc2)c2sc(C(=O)N3CCN(C(=O)c4ccco4)CC3)cc12. The quantitative estimate of drug-likeness (QED) is 0.420. The van der Waals surface area contributed by atoms with Crippen LogP contribution in [0.1, 0.15) is 25.9 Å². The molecule has 31 heavy (non-hydrogen) atoms. The third kappa shape index (κ3) is 3.68. The zero-order chi connectivity index (χ0) is 21.5. The lowest BCUT2D eigenvalue weighted by molar-refractivity contribution is 0.0520. The number of hydrogen-bond acceptors (Lipinski definition) is 5. The zero-order valence-electron chi connectivity index (χ0n) is 16.7. The summed E-state index contributed by atoms with van der Waals surface area (Å²) < 4.78 is 8.09. The van der Waals surface area contributed by atoms with Crippen LogP contribution >= 0.6 is 27.3 Å². The van der Waals surface area contributed by atoms with Gasteiger partial charge in [-0.3, -0.25) is 9.59 Å². The molecule has 1 aromatic carbocycles. The van der Waals surface area contributed by atoms with E-state index in [1.54, 1.807) is 17.0 Å². The molecule has 0 saturated carbocycles. The number of furan rings is 1. The third-order valence-electron chi connectivity index (χ3n) is 5.41. The minimum absolute atomic E-state index is 0.00643. The number of piperazine rings is 1. The van der Waals surface area contributed by atoms with E-state index in [0.29, 0.717) is 36.8 Å². The van der Waals surface area contributed by atoms with E-state index in [9.17, 15) is 9.59 Å². The summed E-state index contributed by atoms with van der Waals surface area (Å²) in [4.78, 5) is 30.8. The summed E-state index contributed by atoms with van der Waals surface area (Å²) in [7, 11) is 0. The maximum absolute atomic E-state index is 13.2. The molecule has 0 N–H and O–H groups in total. The fourth-order valence-corrected chi connectivity index (χ4v) is 5.15. The Morgan fingerprint density at radius 3 is 2.35 bits per heavy atom. The molecule has 1 fully saturated rings. The Morgan fingerprint density at radius 1 is 1.03 bits per heavy atom. The van der Waals surface area contributed by atoms with E-state index in [-0.39, 0.29) is 11.8 Å². The summed E-state index contributed by atoms with van der Waals surface area (Å²) >= 11 is 4.91. The molecule has 1 aliphatic rings. The van der Waals surface area contributed by atoms with Gasteiger partial charge in [0.1, 0.15) is 4.83 Å². The van der Waals surface area contributed by atoms with E-state index in [1.165, 1.54) is 17.6 Å². The summed E-state index contributed by atoms with van der Waals surface area (Å²) in [5, 5.41) is 5.64. The molecule has 0 radical (unpaired) electrons. The van der Waals surface area contributed by atoms with Crippen LogP contribution in [0.3, 0.4) is 0 Å². The minimum Gasteiger partial charge on any atom is -0.459 e. The van der Waals surface area contributed by atoms with Crippen molar-refractivity contribution in [2.75, 3.05) is 26.2 Å². The van der Waals surface area contributed by atoms with Gasteiger partial charge in [0.2, 0.25) is 0 Å². The van der Waals surface area contributed by atoms with Crippen LogP contribution in [-0.4, -0.2) is 57.6 Å². The molecule has 158 valence electrons. The molecule has 0 aliphatic carbocycles. The lowest BCUT2D eigenvalue weighted by atomic mass is 10.2. The smallest absolute Gasteiger partial charge is 0.289 e. The summed E-state index contributed by atoms with van der Waals surface area (Å²) in [6.07, 6.45) is 1.49. The van der Waals surface area contributed by atoms with Gasteiger partial charge in [0.05, 0.1) is 22.5 Å². The highest BCUT2D eigenvalue weighted by atomic mass is 79.9. The highest BCUT2D eigenvalue weighted by Gasteiger charge is 2.28. The van der Waals surface area contributed by atoms with Crippen molar-refractivity contribution in [2.45, 2.75) is 6.92 Å². The third-order valence-corrected chi connectivity index (χ3v) is 7.04. The number of benzene rings is 1. The van der Waals surface area contributed by atoms with E-state index in [4.69, 9.17) is 4.42 Å². The number of nitrogens with zero attached hydrogens (tertiary/aromatic N) is 4. The number of hydrogen-bond donors (Lipinski definition) is 0. The molecule has 1 aliphatic heterocycles. The number of rotatable bonds is 3. The van der Waals surface area contributed by atoms with Crippen molar-refractivity contribution in [3.63, 3.8) is 0 Å². The Labute approximate surface area is 191 Å². The molecule has 0 bridgehead atoms. The number of fused-ring (bicyclic) bond motifs is 1. The van der Waals surface area contributed by atoms with Gasteiger partial charge in [-0.25, -0.2) is 4.68 Å². The predicted molar refractivity (Wildman–Crippen MR) is 122 cm³/mol. The molecule has 7 nitrogen and oxygen atoms in total. The molecule has 0 atom stereocenters. The van der Waals surface area contributed by atoms with E-state index in [2.05, 4.69) is 21.0 Å². The predicted octanol–water partition coefficient (Wildman–Crippen LogP) is 4.35. The average Bonchev–Trinajstić information content (AvgIpc) is 3.52. The molecule has 3 aromatic heterocycles. The van der Waals surface area contributed by atoms with Crippen LogP contribution in [0.15, 0.2) is 57.6 Å². The number of aryl methyl sites for hydroxylation is 1. The summed E-state index contributed by atoms with van der Waals surface area (Å²) in [6.45, 7) is 3.93. The van der Waals surface area contributed by atoms with Gasteiger partial charge in [-0.2, -0.15) is 5.10 Å². The summed E-state index contributed by atoms with van der Waals surface area (Å²) in [5.41, 5.74) is 1.84. The second-order valence-corrected chi connectivity index (χ2v) is 9.31. The number of aromatic nitrogens is 2. The molecule has 0 spiro atoms. The normalized spacial score (nSPS) is 14.4. The Hall–Kier alpha value is -2.91. The number of amides is 2. The van der Waals surface area contributed by atoms with Gasteiger partial charge in [-0.05, 0) is 49.4 Å². The van der Waals surface area contributed by atoms with Crippen molar-refractivity contribution in [3.05, 3.63) is 69.5 Å². The number of carbonyl (C=O) groups is 2. The van der Waals surface area contributed by atoms with E-state index in [1.807, 2.05) is 46.8 Å². The first-order valence-corrected chi connectivity index (χ1v) is 11.5. The highest BCUT2D eigenvalue weighted by Crippen LogP contribution is 2.31. The Bertz CT molecular complexity index is 1250. The van der Waals surface area contributed by atoms with Crippen molar-refractivity contribution in [1.82, 2.24) is 19.6 Å². The van der Waals surface area contributed by atoms with Crippen LogP contribution in [0.2, 0.25) is 0 Å². The van der Waals surface area contributed by atoms with Crippen molar-refractivity contribution >= 4 is 49.3 Å². The van der Waals surface area contributed by atoms with Crippen LogP contribution in [0, 0.1) is 6.92 Å². The molecule has 9 heteroatoms. The van der Waals surface area contributed by atoms with Gasteiger partial charge in [-0.15, -0.1) is 11.3 Å². The minimum atomic E-state index is -0.135. The van der Waals surface area contributed by atoms with E-state index < -0.39 is 0 Å². The molecule has 2 amide bonds. The van der Waals surface area contributed by atoms with Crippen molar-refractivity contribution in [3.8, 4) is 5.69 Å². The molecule has 1 saturated heterocycles. The Kier molecular flexibility index (Phi) is 5.15. The highest BCUT2D eigenvalue weighted by molar-refractivity contribution is 9.10. The fourth-order valence-electron chi connectivity index (χ4n) is 3.73. The van der Waals surface area contributed by atoms with Crippen LogP contribution in [-0.2, 0) is 0 Å². The van der Waals surface area contributed by atoms with Crippen molar-refractivity contribution in [2.24, 2.45) is 0 Å². The van der Waals surface area contributed by atoms with Crippen LogP contribution < -0.4 is 0 Å². The first-order chi connectivity index (χ1) is 15.0. The number of carbonyl (C=O) groups excluding carboxylic acids is 2. The zero-order valence-corrected chi connectivity index (χ0v) is 19.1. The molecule has 0 unspecified atom stereocenters. The van der Waals surface area contributed by atoms with E-state index >= 15 is 0 Å². The Morgan fingerprint density at radius 2 is 1.71 bits per heavy atom. The van der Waals surface area contributed by atoms with Crippen LogP contribution in [0.4, 0.5) is 0 Å². The summed E-state index contributed by atoms with van der Waals surface area (Å²) in [6, 6.07) is 13.2. The molecule has 5 rings (SSSR count). The first kappa shape index (κ1) is 20.0. The second kappa shape index (κ2) is 7.97. The monoisotopic (exact) mass is 498 g/mol. The summed E-state index contributed by atoms with van der Waals surface area (Å²) in [5.74, 6) is 0.189. The second-order valence-electron chi connectivity index (χ2n) is 7.36. The maximum Gasteiger partial charge on any atom is 0.289 e. The lowest BCUT2D eigenvalue weighted by Gasteiger charge is -2.34. The lowest BCUT2D eigenvalue weighted by Crippen LogP contribution is -2.50. The largest absolute Gasteiger partial charge is 0.459 e. The van der Waals surface area contributed by atoms with Gasteiger partial charge >= 0.3 is 0 Å². The van der Waals surface area contributed by atoms with Crippen molar-refractivity contribution in [1.29, 1.82) is 0 Å². The maximum atomic E-state index is 13.2. The van der Waals surface area contributed by atoms with E-state index in [0.717, 1.165) is 26.1 Å². The van der Waals surface area contributed by atoms with Gasteiger partial charge in [0.25, 0.3) is 11.8 Å². The molecular formula is C22H19BrN4O3S. The van der Waals surface area contributed by atoms with Gasteiger partial charge in [0.15, 0.2) is 5.76 Å². The average molecular weight is 499 g/mol.